The van der Waals surface area contributed by atoms with E-state index in [9.17, 15) is 9.59 Å². The van der Waals surface area contributed by atoms with Gasteiger partial charge in [-0.05, 0) is 36.4 Å². The minimum absolute atomic E-state index is 0.129. The molecular formula is C24H25ClN4O5. The Morgan fingerprint density at radius 2 is 1.59 bits per heavy atom. The number of halogens is 1. The molecule has 34 heavy (non-hydrogen) atoms. The first-order valence-electron chi connectivity index (χ1n) is 10.7. The zero-order chi connectivity index (χ0) is 24.2. The Kier molecular flexibility index (Phi) is 6.93. The van der Waals surface area contributed by atoms with Crippen LogP contribution in [0.5, 0.6) is 17.2 Å². The number of methoxy groups -OCH3 is 3. The molecule has 2 aromatic carbocycles. The summed E-state index contributed by atoms with van der Waals surface area (Å²) < 4.78 is 17.4. The molecule has 3 aromatic rings. The second-order valence-corrected chi connectivity index (χ2v) is 8.05. The van der Waals surface area contributed by atoms with Gasteiger partial charge in [-0.15, -0.1) is 5.10 Å². The third kappa shape index (κ3) is 4.65. The first-order chi connectivity index (χ1) is 16.4. The molecule has 1 aliphatic rings. The Balaban J connectivity index is 1.50. The number of benzene rings is 2. The van der Waals surface area contributed by atoms with Crippen LogP contribution in [-0.2, 0) is 0 Å². The molecule has 0 saturated carbocycles. The summed E-state index contributed by atoms with van der Waals surface area (Å²) >= 11 is 6.07. The van der Waals surface area contributed by atoms with E-state index in [1.807, 2.05) is 4.90 Å². The summed E-state index contributed by atoms with van der Waals surface area (Å²) in [5.41, 5.74) is 0.799. The number of ether oxygens (including phenoxy) is 3. The van der Waals surface area contributed by atoms with Crippen molar-refractivity contribution in [2.24, 2.45) is 0 Å². The largest absolute Gasteiger partial charge is 0.493 e. The van der Waals surface area contributed by atoms with Gasteiger partial charge in [-0.3, -0.25) is 9.59 Å². The lowest BCUT2D eigenvalue weighted by atomic mass is 10.1. The van der Waals surface area contributed by atoms with Gasteiger partial charge >= 0.3 is 0 Å². The molecule has 2 heterocycles. The van der Waals surface area contributed by atoms with E-state index in [0.717, 1.165) is 0 Å². The topological polar surface area (TPSA) is 86.1 Å². The van der Waals surface area contributed by atoms with Crippen molar-refractivity contribution in [3.8, 4) is 22.9 Å². The molecule has 4 rings (SSSR count). The van der Waals surface area contributed by atoms with Crippen LogP contribution >= 0.6 is 11.6 Å². The maximum Gasteiger partial charge on any atom is 0.271 e. The summed E-state index contributed by atoms with van der Waals surface area (Å²) in [4.78, 5) is 29.4. The van der Waals surface area contributed by atoms with E-state index in [0.29, 0.717) is 65.5 Å². The van der Waals surface area contributed by atoms with Gasteiger partial charge in [0.05, 0.1) is 27.0 Å². The van der Waals surface area contributed by atoms with Crippen molar-refractivity contribution >= 4 is 23.3 Å². The highest BCUT2D eigenvalue weighted by Gasteiger charge is 2.25. The van der Waals surface area contributed by atoms with Crippen LogP contribution in [0.2, 0.25) is 5.02 Å². The second-order valence-electron chi connectivity index (χ2n) is 7.61. The average Bonchev–Trinajstić information content (AvgIpc) is 2.87. The number of amides is 1. The fraction of sp³-hybridized carbons (Fsp3) is 0.292. The number of carbonyl (C=O) groups excluding carboxylic acids is 1. The highest BCUT2D eigenvalue weighted by atomic mass is 35.5. The molecule has 0 radical (unpaired) electrons. The molecule has 1 fully saturated rings. The highest BCUT2D eigenvalue weighted by molar-refractivity contribution is 6.30. The van der Waals surface area contributed by atoms with E-state index >= 15 is 0 Å². The summed E-state index contributed by atoms with van der Waals surface area (Å²) in [5, 5.41) is 5.04. The molecule has 0 atom stereocenters. The van der Waals surface area contributed by atoms with Crippen molar-refractivity contribution in [3.05, 3.63) is 69.5 Å². The fourth-order valence-electron chi connectivity index (χ4n) is 3.89. The SMILES string of the molecule is COc1cc(C(=O)N2CCN(c3ccc(=O)n(-c4cccc(Cl)c4)n3)CC2)cc(OC)c1OC. The Labute approximate surface area is 202 Å². The molecule has 1 aromatic heterocycles. The fourth-order valence-corrected chi connectivity index (χ4v) is 4.07. The van der Waals surface area contributed by atoms with Crippen LogP contribution in [0.15, 0.2) is 53.3 Å². The van der Waals surface area contributed by atoms with Crippen molar-refractivity contribution in [2.75, 3.05) is 52.4 Å². The molecule has 1 saturated heterocycles. The predicted molar refractivity (Wildman–Crippen MR) is 129 cm³/mol. The molecule has 178 valence electrons. The molecule has 0 spiro atoms. The molecule has 10 heteroatoms. The van der Waals surface area contributed by atoms with Crippen LogP contribution in [-0.4, -0.2) is 68.1 Å². The van der Waals surface area contributed by atoms with E-state index < -0.39 is 0 Å². The van der Waals surface area contributed by atoms with Crippen LogP contribution in [0, 0.1) is 0 Å². The number of anilines is 1. The lowest BCUT2D eigenvalue weighted by molar-refractivity contribution is 0.0745. The van der Waals surface area contributed by atoms with E-state index in [2.05, 4.69) is 5.10 Å². The summed E-state index contributed by atoms with van der Waals surface area (Å²) in [6.45, 7) is 2.12. The monoisotopic (exact) mass is 484 g/mol. The molecule has 0 bridgehead atoms. The number of carbonyl (C=O) groups is 1. The van der Waals surface area contributed by atoms with Gasteiger partial charge in [-0.25, -0.2) is 0 Å². The van der Waals surface area contributed by atoms with Crippen LogP contribution in [0.3, 0.4) is 0 Å². The molecular weight excluding hydrogens is 460 g/mol. The lowest BCUT2D eigenvalue weighted by Crippen LogP contribution is -2.49. The van der Waals surface area contributed by atoms with Crippen molar-refractivity contribution in [1.29, 1.82) is 0 Å². The maximum atomic E-state index is 13.2. The quantitative estimate of drug-likeness (QED) is 0.531. The van der Waals surface area contributed by atoms with Gasteiger partial charge in [-0.1, -0.05) is 17.7 Å². The Morgan fingerprint density at radius 1 is 0.912 bits per heavy atom. The Morgan fingerprint density at radius 3 is 2.18 bits per heavy atom. The smallest absolute Gasteiger partial charge is 0.271 e. The van der Waals surface area contributed by atoms with Gasteiger partial charge < -0.3 is 24.0 Å². The van der Waals surface area contributed by atoms with Crippen molar-refractivity contribution in [1.82, 2.24) is 14.7 Å². The molecule has 0 aliphatic carbocycles. The van der Waals surface area contributed by atoms with Crippen LogP contribution in [0.1, 0.15) is 10.4 Å². The average molecular weight is 485 g/mol. The van der Waals surface area contributed by atoms with Gasteiger partial charge in [-0.2, -0.15) is 4.68 Å². The van der Waals surface area contributed by atoms with Crippen molar-refractivity contribution in [2.45, 2.75) is 0 Å². The third-order valence-electron chi connectivity index (χ3n) is 5.64. The summed E-state index contributed by atoms with van der Waals surface area (Å²) in [6.07, 6.45) is 0. The first kappa shape index (κ1) is 23.4. The molecule has 1 aliphatic heterocycles. The predicted octanol–water partition coefficient (Wildman–Crippen LogP) is 2.87. The van der Waals surface area contributed by atoms with Gasteiger partial charge in [0.1, 0.15) is 5.82 Å². The summed E-state index contributed by atoms with van der Waals surface area (Å²) in [6, 6.07) is 13.5. The Hall–Kier alpha value is -3.72. The molecule has 0 unspecified atom stereocenters. The van der Waals surface area contributed by atoms with E-state index in [-0.39, 0.29) is 11.5 Å². The van der Waals surface area contributed by atoms with Gasteiger partial charge in [0.2, 0.25) is 5.75 Å². The van der Waals surface area contributed by atoms with Gasteiger partial charge in [0.15, 0.2) is 11.5 Å². The zero-order valence-corrected chi connectivity index (χ0v) is 19.9. The number of nitrogens with zero attached hydrogens (tertiary/aromatic N) is 4. The van der Waals surface area contributed by atoms with E-state index in [4.69, 9.17) is 25.8 Å². The minimum atomic E-state index is -0.248. The highest BCUT2D eigenvalue weighted by Crippen LogP contribution is 2.38. The van der Waals surface area contributed by atoms with Crippen molar-refractivity contribution < 1.29 is 19.0 Å². The minimum Gasteiger partial charge on any atom is -0.493 e. The number of rotatable bonds is 6. The number of piperazine rings is 1. The van der Waals surface area contributed by atoms with Crippen LogP contribution in [0.4, 0.5) is 5.82 Å². The number of hydrogen-bond donors (Lipinski definition) is 0. The molecule has 9 nitrogen and oxygen atoms in total. The zero-order valence-electron chi connectivity index (χ0n) is 19.2. The molecule has 1 amide bonds. The van der Waals surface area contributed by atoms with Crippen LogP contribution < -0.4 is 24.7 Å². The standard InChI is InChI=1S/C24H25ClN4O5/c1-32-19-13-16(14-20(33-2)23(19)34-3)24(31)28-11-9-27(10-12-28)21-7-8-22(30)29(26-21)18-6-4-5-17(25)15-18/h4-8,13-15H,9-12H2,1-3H3. The van der Waals surface area contributed by atoms with E-state index in [1.165, 1.54) is 32.1 Å². The number of hydrogen-bond acceptors (Lipinski definition) is 7. The lowest BCUT2D eigenvalue weighted by Gasteiger charge is -2.35. The Bertz CT molecular complexity index is 1230. The number of aromatic nitrogens is 2. The van der Waals surface area contributed by atoms with Crippen LogP contribution in [0.25, 0.3) is 5.69 Å². The maximum absolute atomic E-state index is 13.2. The summed E-state index contributed by atoms with van der Waals surface area (Å²) in [5.74, 6) is 1.81. The van der Waals surface area contributed by atoms with Gasteiger partial charge in [0, 0.05) is 42.8 Å². The third-order valence-corrected chi connectivity index (χ3v) is 5.88. The normalized spacial score (nSPS) is 13.5. The second kappa shape index (κ2) is 10.0. The first-order valence-corrected chi connectivity index (χ1v) is 11.0. The van der Waals surface area contributed by atoms with E-state index in [1.54, 1.807) is 47.4 Å². The molecule has 0 N–H and O–H groups in total. The summed E-state index contributed by atoms with van der Waals surface area (Å²) in [7, 11) is 4.55. The van der Waals surface area contributed by atoms with Gasteiger partial charge in [0.25, 0.3) is 11.5 Å². The van der Waals surface area contributed by atoms with Crippen molar-refractivity contribution in [3.63, 3.8) is 0 Å².